The molecule has 5 nitrogen and oxygen atoms in total. The number of halogens is 1. The van der Waals surface area contributed by atoms with Crippen LogP contribution in [0.15, 0.2) is 52.6 Å². The van der Waals surface area contributed by atoms with Gasteiger partial charge in [-0.2, -0.15) is 5.26 Å². The van der Waals surface area contributed by atoms with Crippen molar-refractivity contribution >= 4 is 27.9 Å². The van der Waals surface area contributed by atoms with Crippen LogP contribution in [0.2, 0.25) is 0 Å². The Morgan fingerprint density at radius 2 is 1.92 bits per heavy atom. The number of benzene rings is 1. The van der Waals surface area contributed by atoms with E-state index in [1.165, 1.54) is 6.08 Å². The van der Waals surface area contributed by atoms with Crippen molar-refractivity contribution in [2.45, 2.75) is 31.2 Å². The number of phenolic OH excluding ortho intramolecular Hbond substituents is 1. The van der Waals surface area contributed by atoms with E-state index in [9.17, 15) is 15.2 Å². The van der Waals surface area contributed by atoms with Gasteiger partial charge in [0.05, 0.1) is 11.2 Å². The number of carbonyl (C=O) groups is 1. The summed E-state index contributed by atoms with van der Waals surface area (Å²) >= 11 is 3.28. The second-order valence-electron chi connectivity index (χ2n) is 6.35. The highest BCUT2D eigenvalue weighted by molar-refractivity contribution is 9.10. The highest BCUT2D eigenvalue weighted by Crippen LogP contribution is 2.39. The highest BCUT2D eigenvalue weighted by atomic mass is 79.9. The van der Waals surface area contributed by atoms with E-state index in [1.807, 2.05) is 18.2 Å². The minimum Gasteiger partial charge on any atom is -0.508 e. The third-order valence-corrected chi connectivity index (χ3v) is 5.07. The van der Waals surface area contributed by atoms with Gasteiger partial charge in [0, 0.05) is 0 Å². The molecule has 0 aliphatic heterocycles. The Balaban J connectivity index is 1.88. The Hall–Kier alpha value is -2.65. The molecule has 26 heavy (non-hydrogen) atoms. The predicted octanol–water partition coefficient (Wildman–Crippen LogP) is 4.04. The first kappa shape index (κ1) is 18.2. The number of hydrogen-bond donors (Lipinski definition) is 2. The Kier molecular flexibility index (Phi) is 5.38. The minimum absolute atomic E-state index is 0.0145. The number of aromatic hydroxyl groups is 1. The normalized spacial score (nSPS) is 16.1. The van der Waals surface area contributed by atoms with Crippen LogP contribution in [0.25, 0.3) is 6.08 Å². The molecule has 1 heterocycles. The monoisotopic (exact) mass is 411 g/mol. The van der Waals surface area contributed by atoms with Crippen molar-refractivity contribution in [2.24, 2.45) is 0 Å². The molecule has 3 rings (SSSR count). The number of phenols is 1. The summed E-state index contributed by atoms with van der Waals surface area (Å²) in [6.45, 7) is 0. The van der Waals surface area contributed by atoms with Crippen LogP contribution >= 0.6 is 15.9 Å². The summed E-state index contributed by atoms with van der Waals surface area (Å²) < 4.78 is 0.639. The van der Waals surface area contributed by atoms with E-state index in [1.54, 1.807) is 30.3 Å². The summed E-state index contributed by atoms with van der Waals surface area (Å²) in [5, 5.41) is 22.0. The van der Waals surface area contributed by atoms with Crippen LogP contribution < -0.4 is 5.32 Å². The number of carbonyl (C=O) groups excluding carboxylic acids is 1. The molecule has 1 fully saturated rings. The second kappa shape index (κ2) is 7.71. The lowest BCUT2D eigenvalue weighted by Crippen LogP contribution is -2.44. The third kappa shape index (κ3) is 3.94. The van der Waals surface area contributed by atoms with E-state index in [-0.39, 0.29) is 11.3 Å². The lowest BCUT2D eigenvalue weighted by atomic mass is 9.87. The molecular weight excluding hydrogens is 394 g/mol. The molecule has 1 saturated carbocycles. The van der Waals surface area contributed by atoms with Crippen LogP contribution in [0, 0.1) is 11.3 Å². The molecule has 1 aliphatic rings. The van der Waals surface area contributed by atoms with E-state index < -0.39 is 11.4 Å². The molecule has 1 aromatic carbocycles. The van der Waals surface area contributed by atoms with Crippen molar-refractivity contribution in [1.82, 2.24) is 10.3 Å². The zero-order valence-corrected chi connectivity index (χ0v) is 15.7. The summed E-state index contributed by atoms with van der Waals surface area (Å²) in [4.78, 5) is 17.0. The fraction of sp³-hybridized carbons (Fsp3) is 0.250. The van der Waals surface area contributed by atoms with Crippen molar-refractivity contribution in [3.05, 3.63) is 63.9 Å². The number of nitrogens with one attached hydrogen (secondary N) is 1. The minimum atomic E-state index is -0.509. The molecule has 0 spiro atoms. The second-order valence-corrected chi connectivity index (χ2v) is 7.16. The molecule has 2 N–H and O–H groups in total. The maximum Gasteiger partial charge on any atom is 0.262 e. The van der Waals surface area contributed by atoms with Gasteiger partial charge in [0.2, 0.25) is 0 Å². The number of nitrogens with zero attached hydrogens (tertiary/aromatic N) is 2. The van der Waals surface area contributed by atoms with E-state index in [4.69, 9.17) is 0 Å². The van der Waals surface area contributed by atoms with Crippen LogP contribution in [-0.2, 0) is 10.3 Å². The summed E-state index contributed by atoms with van der Waals surface area (Å²) in [5.74, 6) is -0.226. The zero-order valence-electron chi connectivity index (χ0n) is 14.1. The van der Waals surface area contributed by atoms with Gasteiger partial charge in [0.1, 0.15) is 22.0 Å². The van der Waals surface area contributed by atoms with Crippen molar-refractivity contribution in [3.8, 4) is 11.8 Å². The van der Waals surface area contributed by atoms with Gasteiger partial charge in [-0.05, 0) is 64.7 Å². The van der Waals surface area contributed by atoms with Gasteiger partial charge in [-0.15, -0.1) is 0 Å². The van der Waals surface area contributed by atoms with E-state index in [0.717, 1.165) is 31.2 Å². The molecule has 1 aliphatic carbocycles. The topological polar surface area (TPSA) is 86.0 Å². The Morgan fingerprint density at radius 3 is 2.54 bits per heavy atom. The number of amides is 1. The molecule has 1 aromatic heterocycles. The summed E-state index contributed by atoms with van der Waals surface area (Å²) in [6.07, 6.45) is 5.09. The first-order chi connectivity index (χ1) is 12.5. The van der Waals surface area contributed by atoms with Gasteiger partial charge in [-0.3, -0.25) is 4.79 Å². The predicted molar refractivity (Wildman–Crippen MR) is 102 cm³/mol. The Labute approximate surface area is 160 Å². The van der Waals surface area contributed by atoms with Crippen LogP contribution in [0.1, 0.15) is 36.9 Å². The average molecular weight is 412 g/mol. The molecule has 0 bridgehead atoms. The molecule has 2 aromatic rings. The Morgan fingerprint density at radius 1 is 1.23 bits per heavy atom. The first-order valence-corrected chi connectivity index (χ1v) is 9.18. The summed E-state index contributed by atoms with van der Waals surface area (Å²) in [6, 6.07) is 14.2. The summed E-state index contributed by atoms with van der Waals surface area (Å²) in [7, 11) is 0. The molecular formula is C20H18BrN3O2. The molecule has 0 unspecified atom stereocenters. The molecule has 132 valence electrons. The van der Waals surface area contributed by atoms with Gasteiger partial charge in [0.25, 0.3) is 5.91 Å². The maximum absolute atomic E-state index is 12.8. The van der Waals surface area contributed by atoms with E-state index >= 15 is 0 Å². The average Bonchev–Trinajstić information content (AvgIpc) is 3.09. The molecule has 0 radical (unpaired) electrons. The van der Waals surface area contributed by atoms with E-state index in [0.29, 0.717) is 10.3 Å². The molecule has 6 heteroatoms. The lowest BCUT2D eigenvalue weighted by molar-refractivity contribution is -0.119. The standard InChI is InChI=1S/C20H18BrN3O2/c21-18-5-3-4-16(23-18)12-14(13-22)19(26)24-20(10-1-2-11-20)15-6-8-17(25)9-7-15/h3-9,12,25H,1-2,10-11H2,(H,24,26). The fourth-order valence-corrected chi connectivity index (χ4v) is 3.69. The number of pyridine rings is 1. The smallest absolute Gasteiger partial charge is 0.262 e. The number of nitriles is 1. The van der Waals surface area contributed by atoms with Gasteiger partial charge < -0.3 is 10.4 Å². The maximum atomic E-state index is 12.8. The number of aromatic nitrogens is 1. The van der Waals surface area contributed by atoms with Crippen molar-refractivity contribution in [1.29, 1.82) is 5.26 Å². The third-order valence-electron chi connectivity index (χ3n) is 4.62. The van der Waals surface area contributed by atoms with Crippen LogP contribution in [0.5, 0.6) is 5.75 Å². The SMILES string of the molecule is N#CC(=Cc1cccc(Br)n1)C(=O)NC1(c2ccc(O)cc2)CCCC1. The highest BCUT2D eigenvalue weighted by Gasteiger charge is 2.37. The lowest BCUT2D eigenvalue weighted by Gasteiger charge is -2.31. The largest absolute Gasteiger partial charge is 0.508 e. The van der Waals surface area contributed by atoms with Crippen molar-refractivity contribution in [3.63, 3.8) is 0 Å². The van der Waals surface area contributed by atoms with Gasteiger partial charge in [-0.25, -0.2) is 4.98 Å². The Bertz CT molecular complexity index is 879. The van der Waals surface area contributed by atoms with Crippen LogP contribution in [0.3, 0.4) is 0 Å². The fourth-order valence-electron chi connectivity index (χ4n) is 3.33. The first-order valence-electron chi connectivity index (χ1n) is 8.39. The van der Waals surface area contributed by atoms with Crippen LogP contribution in [0.4, 0.5) is 0 Å². The summed E-state index contributed by atoms with van der Waals surface area (Å²) in [5.41, 5.74) is 0.988. The number of hydrogen-bond acceptors (Lipinski definition) is 4. The quantitative estimate of drug-likeness (QED) is 0.451. The van der Waals surface area contributed by atoms with Gasteiger partial charge >= 0.3 is 0 Å². The molecule has 1 amide bonds. The molecule has 0 saturated heterocycles. The van der Waals surface area contributed by atoms with E-state index in [2.05, 4.69) is 26.2 Å². The molecule has 0 atom stereocenters. The van der Waals surface area contributed by atoms with Crippen LogP contribution in [-0.4, -0.2) is 16.0 Å². The zero-order chi connectivity index (χ0) is 18.6. The van der Waals surface area contributed by atoms with Gasteiger partial charge in [0.15, 0.2) is 0 Å². The van der Waals surface area contributed by atoms with Crippen molar-refractivity contribution in [2.75, 3.05) is 0 Å². The number of rotatable bonds is 4. The van der Waals surface area contributed by atoms with Gasteiger partial charge in [-0.1, -0.05) is 31.0 Å². The van der Waals surface area contributed by atoms with Crippen molar-refractivity contribution < 1.29 is 9.90 Å².